The smallest absolute Gasteiger partial charge is 0.231 e. The highest BCUT2D eigenvalue weighted by Crippen LogP contribution is 2.34. The maximum Gasteiger partial charge on any atom is 0.231 e. The first-order valence-corrected chi connectivity index (χ1v) is 7.65. The molecule has 2 unspecified atom stereocenters. The predicted molar refractivity (Wildman–Crippen MR) is 85.0 cm³/mol. The molecule has 24 heavy (non-hydrogen) atoms. The van der Waals surface area contributed by atoms with Crippen molar-refractivity contribution in [2.45, 2.75) is 6.04 Å². The van der Waals surface area contributed by atoms with E-state index < -0.39 is 0 Å². The van der Waals surface area contributed by atoms with Crippen molar-refractivity contribution < 1.29 is 18.7 Å². The Morgan fingerprint density at radius 3 is 2.75 bits per heavy atom. The van der Waals surface area contributed by atoms with E-state index in [1.54, 1.807) is 30.3 Å². The maximum absolute atomic E-state index is 13.1. The van der Waals surface area contributed by atoms with Crippen LogP contribution in [0.1, 0.15) is 11.6 Å². The number of hydrogen-bond acceptors (Lipinski definition) is 5. The number of rotatable bonds is 3. The lowest BCUT2D eigenvalue weighted by molar-refractivity contribution is -0.119. The molecule has 2 heterocycles. The van der Waals surface area contributed by atoms with Gasteiger partial charge in [0, 0.05) is 18.3 Å². The van der Waals surface area contributed by atoms with Crippen LogP contribution in [0.25, 0.3) is 0 Å². The number of carbonyl (C=O) groups is 1. The number of hydrogen-bond donors (Lipinski definition) is 3. The highest BCUT2D eigenvalue weighted by Gasteiger charge is 2.34. The molecule has 4 rings (SSSR count). The fraction of sp³-hybridized carbons (Fsp3) is 0.235. The fourth-order valence-electron chi connectivity index (χ4n) is 2.94. The molecular formula is C17H16FN3O3. The molecule has 1 fully saturated rings. The lowest BCUT2D eigenvalue weighted by atomic mass is 9.94. The van der Waals surface area contributed by atoms with E-state index >= 15 is 0 Å². The SMILES string of the molecule is O=C(Nc1ccc2c(c1)OCO2)C1CNNC1c1ccc(F)cc1. The minimum absolute atomic E-state index is 0.124. The molecule has 0 aliphatic carbocycles. The minimum Gasteiger partial charge on any atom is -0.454 e. The van der Waals surface area contributed by atoms with Crippen molar-refractivity contribution in [2.24, 2.45) is 5.92 Å². The summed E-state index contributed by atoms with van der Waals surface area (Å²) in [4.78, 5) is 12.6. The first-order chi connectivity index (χ1) is 11.7. The molecule has 1 amide bonds. The Kier molecular flexibility index (Phi) is 3.79. The van der Waals surface area contributed by atoms with E-state index in [4.69, 9.17) is 9.47 Å². The van der Waals surface area contributed by atoms with Gasteiger partial charge in [-0.2, -0.15) is 0 Å². The highest BCUT2D eigenvalue weighted by atomic mass is 19.1. The topological polar surface area (TPSA) is 71.6 Å². The van der Waals surface area contributed by atoms with E-state index in [1.807, 2.05) is 0 Å². The molecule has 0 radical (unpaired) electrons. The molecule has 2 atom stereocenters. The van der Waals surface area contributed by atoms with Crippen LogP contribution in [0.5, 0.6) is 11.5 Å². The number of nitrogens with one attached hydrogen (secondary N) is 3. The molecule has 2 aliphatic heterocycles. The number of halogens is 1. The van der Waals surface area contributed by atoms with Gasteiger partial charge in [0.1, 0.15) is 5.82 Å². The molecule has 0 bridgehead atoms. The van der Waals surface area contributed by atoms with Crippen LogP contribution in [0.3, 0.4) is 0 Å². The summed E-state index contributed by atoms with van der Waals surface area (Å²) in [5, 5.41) is 2.90. The third-order valence-corrected chi connectivity index (χ3v) is 4.19. The Hall–Kier alpha value is -2.64. The van der Waals surface area contributed by atoms with Gasteiger partial charge in [-0.1, -0.05) is 12.1 Å². The van der Waals surface area contributed by atoms with Gasteiger partial charge in [-0.05, 0) is 29.8 Å². The van der Waals surface area contributed by atoms with Crippen LogP contribution in [-0.2, 0) is 4.79 Å². The minimum atomic E-state index is -0.319. The lowest BCUT2D eigenvalue weighted by Gasteiger charge is -2.18. The molecule has 0 aromatic heterocycles. The quantitative estimate of drug-likeness (QED) is 0.803. The van der Waals surface area contributed by atoms with Crippen molar-refractivity contribution in [1.82, 2.24) is 10.9 Å². The summed E-state index contributed by atoms with van der Waals surface area (Å²) >= 11 is 0. The molecule has 2 aromatic rings. The van der Waals surface area contributed by atoms with Crippen LogP contribution >= 0.6 is 0 Å². The summed E-state index contributed by atoms with van der Waals surface area (Å²) in [6.07, 6.45) is 0. The van der Waals surface area contributed by atoms with Crippen molar-refractivity contribution >= 4 is 11.6 Å². The third kappa shape index (κ3) is 2.79. The first-order valence-electron chi connectivity index (χ1n) is 7.65. The van der Waals surface area contributed by atoms with Crippen molar-refractivity contribution in [2.75, 3.05) is 18.7 Å². The van der Waals surface area contributed by atoms with Crippen molar-refractivity contribution in [3.63, 3.8) is 0 Å². The summed E-state index contributed by atoms with van der Waals surface area (Å²) < 4.78 is 23.7. The highest BCUT2D eigenvalue weighted by molar-refractivity contribution is 5.93. The predicted octanol–water partition coefficient (Wildman–Crippen LogP) is 1.96. The van der Waals surface area contributed by atoms with Gasteiger partial charge in [-0.15, -0.1) is 0 Å². The van der Waals surface area contributed by atoms with E-state index in [0.717, 1.165) is 5.56 Å². The number of amides is 1. The van der Waals surface area contributed by atoms with E-state index in [0.29, 0.717) is 23.7 Å². The monoisotopic (exact) mass is 329 g/mol. The van der Waals surface area contributed by atoms with Gasteiger partial charge in [0.25, 0.3) is 0 Å². The number of fused-ring (bicyclic) bond motifs is 1. The van der Waals surface area contributed by atoms with Crippen LogP contribution in [-0.4, -0.2) is 19.2 Å². The van der Waals surface area contributed by atoms with Gasteiger partial charge in [0.2, 0.25) is 12.7 Å². The molecule has 0 spiro atoms. The Morgan fingerprint density at radius 2 is 1.92 bits per heavy atom. The Morgan fingerprint density at radius 1 is 1.12 bits per heavy atom. The zero-order valence-electron chi connectivity index (χ0n) is 12.7. The van der Waals surface area contributed by atoms with E-state index in [9.17, 15) is 9.18 Å². The van der Waals surface area contributed by atoms with Crippen LogP contribution in [0.15, 0.2) is 42.5 Å². The van der Waals surface area contributed by atoms with Gasteiger partial charge < -0.3 is 14.8 Å². The first kappa shape index (κ1) is 14.9. The standard InChI is InChI=1S/C17H16FN3O3/c18-11-3-1-10(2-4-11)16-13(8-19-21-16)17(22)20-12-5-6-14-15(7-12)24-9-23-14/h1-7,13,16,19,21H,8-9H2,(H,20,22). The average Bonchev–Trinajstić information content (AvgIpc) is 3.24. The Bertz CT molecular complexity index is 766. The lowest BCUT2D eigenvalue weighted by Crippen LogP contribution is -2.29. The van der Waals surface area contributed by atoms with E-state index in [-0.39, 0.29) is 30.5 Å². The molecule has 2 aliphatic rings. The summed E-state index contributed by atoms with van der Waals surface area (Å²) in [5.41, 5.74) is 7.57. The molecular weight excluding hydrogens is 313 g/mol. The van der Waals surface area contributed by atoms with Gasteiger partial charge in [0.15, 0.2) is 11.5 Å². The summed E-state index contributed by atoms with van der Waals surface area (Å²) in [5.74, 6) is 0.541. The van der Waals surface area contributed by atoms with Gasteiger partial charge in [0.05, 0.1) is 12.0 Å². The van der Waals surface area contributed by atoms with Crippen molar-refractivity contribution in [3.8, 4) is 11.5 Å². The third-order valence-electron chi connectivity index (χ3n) is 4.19. The Labute approximate surface area is 137 Å². The Balaban J connectivity index is 1.50. The molecule has 1 saturated heterocycles. The summed E-state index contributed by atoms with van der Waals surface area (Å²) in [7, 11) is 0. The zero-order chi connectivity index (χ0) is 16.5. The van der Waals surface area contributed by atoms with Crippen molar-refractivity contribution in [1.29, 1.82) is 0 Å². The normalized spacial score (nSPS) is 21.7. The van der Waals surface area contributed by atoms with Crippen LogP contribution in [0.2, 0.25) is 0 Å². The fourth-order valence-corrected chi connectivity index (χ4v) is 2.94. The van der Waals surface area contributed by atoms with E-state index in [2.05, 4.69) is 16.2 Å². The van der Waals surface area contributed by atoms with Crippen molar-refractivity contribution in [3.05, 3.63) is 53.8 Å². The zero-order valence-corrected chi connectivity index (χ0v) is 12.7. The number of benzene rings is 2. The molecule has 6 nitrogen and oxygen atoms in total. The molecule has 3 N–H and O–H groups in total. The van der Waals surface area contributed by atoms with Crippen LogP contribution < -0.4 is 25.6 Å². The van der Waals surface area contributed by atoms with Crippen LogP contribution in [0, 0.1) is 11.7 Å². The summed E-state index contributed by atoms with van der Waals surface area (Å²) in [6.45, 7) is 0.675. The average molecular weight is 329 g/mol. The second kappa shape index (κ2) is 6.10. The molecule has 7 heteroatoms. The maximum atomic E-state index is 13.1. The number of anilines is 1. The van der Waals surface area contributed by atoms with Gasteiger partial charge in [-0.25, -0.2) is 9.82 Å². The molecule has 124 valence electrons. The van der Waals surface area contributed by atoms with Gasteiger partial charge in [-0.3, -0.25) is 10.2 Å². The second-order valence-electron chi connectivity index (χ2n) is 5.72. The van der Waals surface area contributed by atoms with Crippen LogP contribution in [0.4, 0.5) is 10.1 Å². The number of carbonyl (C=O) groups excluding carboxylic acids is 1. The van der Waals surface area contributed by atoms with Gasteiger partial charge >= 0.3 is 0 Å². The second-order valence-corrected chi connectivity index (χ2v) is 5.72. The molecule has 2 aromatic carbocycles. The number of hydrazine groups is 1. The summed E-state index contributed by atoms with van der Waals surface area (Å²) in [6, 6.07) is 11.2. The number of ether oxygens (including phenoxy) is 2. The molecule has 0 saturated carbocycles. The largest absolute Gasteiger partial charge is 0.454 e. The van der Waals surface area contributed by atoms with E-state index in [1.165, 1.54) is 12.1 Å².